The van der Waals surface area contributed by atoms with E-state index in [0.29, 0.717) is 5.69 Å². The Hall–Kier alpha value is -2.04. The van der Waals surface area contributed by atoms with Crippen molar-refractivity contribution in [1.29, 1.82) is 0 Å². The van der Waals surface area contributed by atoms with E-state index in [-0.39, 0.29) is 0 Å². The molecule has 0 aliphatic rings. The topological polar surface area (TPSA) is 55.6 Å². The Morgan fingerprint density at radius 1 is 1.47 bits per heavy atom. The Kier molecular flexibility index (Phi) is 2.29. The molecule has 2 aromatic rings. The molecule has 1 N–H and O–H groups in total. The van der Waals surface area contributed by atoms with E-state index in [0.717, 1.165) is 11.3 Å². The van der Waals surface area contributed by atoms with Gasteiger partial charge in [-0.1, -0.05) is 0 Å². The molecule has 15 heavy (non-hydrogen) atoms. The van der Waals surface area contributed by atoms with E-state index in [1.807, 2.05) is 23.6 Å². The number of pyridine rings is 1. The number of carbonyl (C=O) groups is 1. The van der Waals surface area contributed by atoms with Crippen LogP contribution in [0.1, 0.15) is 5.69 Å². The summed E-state index contributed by atoms with van der Waals surface area (Å²) in [5.74, 6) is 0. The monoisotopic (exact) mass is 205 g/mol. The Balaban J connectivity index is 2.33. The van der Waals surface area contributed by atoms with Crippen LogP contribution in [-0.4, -0.2) is 22.6 Å². The van der Waals surface area contributed by atoms with Gasteiger partial charge in [-0.15, -0.1) is 0 Å². The number of rotatable bonds is 1. The zero-order valence-electron chi connectivity index (χ0n) is 8.52. The van der Waals surface area contributed by atoms with Crippen molar-refractivity contribution in [1.82, 2.24) is 9.38 Å². The van der Waals surface area contributed by atoms with E-state index in [1.165, 1.54) is 7.11 Å². The number of anilines is 1. The van der Waals surface area contributed by atoms with Crippen molar-refractivity contribution < 1.29 is 9.53 Å². The zero-order chi connectivity index (χ0) is 10.8. The molecule has 0 unspecified atom stereocenters. The number of imidazole rings is 1. The van der Waals surface area contributed by atoms with Gasteiger partial charge in [0.15, 0.2) is 0 Å². The zero-order valence-corrected chi connectivity index (χ0v) is 8.52. The fraction of sp³-hybridized carbons (Fsp3) is 0.200. The second-order valence-corrected chi connectivity index (χ2v) is 3.18. The predicted molar refractivity (Wildman–Crippen MR) is 56.0 cm³/mol. The van der Waals surface area contributed by atoms with Crippen LogP contribution in [0.15, 0.2) is 24.5 Å². The van der Waals surface area contributed by atoms with Gasteiger partial charge in [-0.05, 0) is 19.1 Å². The van der Waals surface area contributed by atoms with Crippen molar-refractivity contribution >= 4 is 17.4 Å². The number of hydrogen-bond acceptors (Lipinski definition) is 3. The Morgan fingerprint density at radius 2 is 2.27 bits per heavy atom. The van der Waals surface area contributed by atoms with Crippen LogP contribution in [0, 0.1) is 6.92 Å². The van der Waals surface area contributed by atoms with Gasteiger partial charge in [-0.3, -0.25) is 5.32 Å². The number of methoxy groups -OCH3 is 1. The molecule has 2 heterocycles. The summed E-state index contributed by atoms with van der Waals surface area (Å²) in [4.78, 5) is 15.2. The molecule has 0 saturated carbocycles. The highest BCUT2D eigenvalue weighted by Gasteiger charge is 2.02. The molecule has 0 bridgehead atoms. The number of carbonyl (C=O) groups excluding carboxylic acids is 1. The fourth-order valence-corrected chi connectivity index (χ4v) is 1.36. The summed E-state index contributed by atoms with van der Waals surface area (Å²) >= 11 is 0. The Labute approximate surface area is 86.7 Å². The maximum atomic E-state index is 11.0. The second-order valence-electron chi connectivity index (χ2n) is 3.18. The maximum Gasteiger partial charge on any atom is 0.411 e. The molecule has 0 fully saturated rings. The molecule has 2 aromatic heterocycles. The quantitative estimate of drug-likeness (QED) is 0.772. The molecule has 2 rings (SSSR count). The van der Waals surface area contributed by atoms with Crippen LogP contribution in [0.25, 0.3) is 5.65 Å². The van der Waals surface area contributed by atoms with Gasteiger partial charge in [-0.2, -0.15) is 0 Å². The minimum atomic E-state index is -0.480. The Morgan fingerprint density at radius 3 is 3.00 bits per heavy atom. The molecule has 78 valence electrons. The average molecular weight is 205 g/mol. The molecule has 0 radical (unpaired) electrons. The lowest BCUT2D eigenvalue weighted by molar-refractivity contribution is 0.187. The third kappa shape index (κ3) is 1.90. The van der Waals surface area contributed by atoms with Gasteiger partial charge in [0.2, 0.25) is 0 Å². The van der Waals surface area contributed by atoms with Gasteiger partial charge in [0, 0.05) is 12.4 Å². The summed E-state index contributed by atoms with van der Waals surface area (Å²) in [6, 6.07) is 3.61. The smallest absolute Gasteiger partial charge is 0.411 e. The molecule has 0 aliphatic heterocycles. The molecular weight excluding hydrogens is 194 g/mol. The summed E-state index contributed by atoms with van der Waals surface area (Å²) in [6.07, 6.45) is 3.19. The molecule has 0 aromatic carbocycles. The number of amides is 1. The summed E-state index contributed by atoms with van der Waals surface area (Å²) in [6.45, 7) is 1.92. The van der Waals surface area contributed by atoms with Crippen molar-refractivity contribution in [2.45, 2.75) is 6.92 Å². The highest BCUT2D eigenvalue weighted by molar-refractivity contribution is 5.84. The predicted octanol–water partition coefficient (Wildman–Crippen LogP) is 1.82. The molecule has 5 heteroatoms. The lowest BCUT2D eigenvalue weighted by Crippen LogP contribution is -2.11. The normalized spacial score (nSPS) is 10.3. The number of aryl methyl sites for hydroxylation is 1. The molecule has 0 aliphatic carbocycles. The van der Waals surface area contributed by atoms with Gasteiger partial charge >= 0.3 is 6.09 Å². The fourth-order valence-electron chi connectivity index (χ4n) is 1.36. The van der Waals surface area contributed by atoms with E-state index in [2.05, 4.69) is 15.0 Å². The highest BCUT2D eigenvalue weighted by atomic mass is 16.5. The van der Waals surface area contributed by atoms with Crippen LogP contribution < -0.4 is 5.32 Å². The first-order valence-corrected chi connectivity index (χ1v) is 4.49. The summed E-state index contributed by atoms with van der Waals surface area (Å²) in [7, 11) is 1.33. The van der Waals surface area contributed by atoms with Crippen LogP contribution in [0.4, 0.5) is 10.5 Å². The summed E-state index contributed by atoms with van der Waals surface area (Å²) in [5, 5.41) is 2.58. The van der Waals surface area contributed by atoms with Crippen LogP contribution in [0.2, 0.25) is 0 Å². The summed E-state index contributed by atoms with van der Waals surface area (Å²) in [5.41, 5.74) is 2.46. The molecule has 0 saturated heterocycles. The van der Waals surface area contributed by atoms with E-state index in [4.69, 9.17) is 0 Å². The average Bonchev–Trinajstić information content (AvgIpc) is 2.57. The van der Waals surface area contributed by atoms with Crippen molar-refractivity contribution in [3.05, 3.63) is 30.2 Å². The first-order chi connectivity index (χ1) is 7.19. The standard InChI is InChI=1S/C10H11N3O2/c1-7-5-13-6-8(12-10(14)15-2)3-4-9(13)11-7/h3-6H,1-2H3,(H,12,14). The number of aromatic nitrogens is 2. The molecule has 0 spiro atoms. The first kappa shape index (κ1) is 9.51. The lowest BCUT2D eigenvalue weighted by Gasteiger charge is -2.03. The molecule has 5 nitrogen and oxygen atoms in total. The summed E-state index contributed by atoms with van der Waals surface area (Å²) < 4.78 is 6.34. The van der Waals surface area contributed by atoms with E-state index >= 15 is 0 Å². The number of nitrogens with one attached hydrogen (secondary N) is 1. The second kappa shape index (κ2) is 3.61. The third-order valence-corrected chi connectivity index (χ3v) is 2.00. The van der Waals surface area contributed by atoms with Crippen LogP contribution in [-0.2, 0) is 4.74 Å². The van der Waals surface area contributed by atoms with E-state index in [9.17, 15) is 4.79 Å². The Bertz CT molecular complexity index is 504. The minimum Gasteiger partial charge on any atom is -0.453 e. The highest BCUT2D eigenvalue weighted by Crippen LogP contribution is 2.11. The van der Waals surface area contributed by atoms with Crippen molar-refractivity contribution in [2.24, 2.45) is 0 Å². The van der Waals surface area contributed by atoms with Crippen LogP contribution >= 0.6 is 0 Å². The molecule has 1 amide bonds. The number of ether oxygens (including phenoxy) is 1. The van der Waals surface area contributed by atoms with Crippen LogP contribution in [0.5, 0.6) is 0 Å². The lowest BCUT2D eigenvalue weighted by atomic mass is 10.4. The number of fused-ring (bicyclic) bond motifs is 1. The largest absolute Gasteiger partial charge is 0.453 e. The van der Waals surface area contributed by atoms with Crippen LogP contribution in [0.3, 0.4) is 0 Å². The maximum absolute atomic E-state index is 11.0. The molecule has 0 atom stereocenters. The van der Waals surface area contributed by atoms with E-state index in [1.54, 1.807) is 12.3 Å². The third-order valence-electron chi connectivity index (χ3n) is 2.00. The van der Waals surface area contributed by atoms with Gasteiger partial charge in [0.1, 0.15) is 5.65 Å². The van der Waals surface area contributed by atoms with Gasteiger partial charge in [0.25, 0.3) is 0 Å². The molecular formula is C10H11N3O2. The number of nitrogens with zero attached hydrogens (tertiary/aromatic N) is 2. The van der Waals surface area contributed by atoms with Gasteiger partial charge < -0.3 is 9.14 Å². The van der Waals surface area contributed by atoms with Gasteiger partial charge in [-0.25, -0.2) is 9.78 Å². The SMILES string of the molecule is COC(=O)Nc1ccc2nc(C)cn2c1. The first-order valence-electron chi connectivity index (χ1n) is 4.49. The number of hydrogen-bond donors (Lipinski definition) is 1. The van der Waals surface area contributed by atoms with E-state index < -0.39 is 6.09 Å². The van der Waals surface area contributed by atoms with Gasteiger partial charge in [0.05, 0.1) is 18.5 Å². The minimum absolute atomic E-state index is 0.480. The van der Waals surface area contributed by atoms with Crippen molar-refractivity contribution in [2.75, 3.05) is 12.4 Å². The van der Waals surface area contributed by atoms with Crippen molar-refractivity contribution in [3.63, 3.8) is 0 Å². The van der Waals surface area contributed by atoms with Crippen molar-refractivity contribution in [3.8, 4) is 0 Å².